The molecule has 2 aromatic rings. The van der Waals surface area contributed by atoms with Crippen molar-refractivity contribution >= 4 is 22.5 Å². The molecule has 0 fully saturated rings. The van der Waals surface area contributed by atoms with Gasteiger partial charge in [-0.05, 0) is 18.6 Å². The number of hydrogen-bond acceptors (Lipinski definition) is 3. The van der Waals surface area contributed by atoms with Gasteiger partial charge in [0.1, 0.15) is 6.54 Å². The SMILES string of the molecule is CCc1cc(NCC(=O)N(C)CC(F)(F)F)c2ccccc2n1. The van der Waals surface area contributed by atoms with E-state index in [4.69, 9.17) is 0 Å². The van der Waals surface area contributed by atoms with Crippen molar-refractivity contribution in [2.24, 2.45) is 0 Å². The zero-order valence-electron chi connectivity index (χ0n) is 12.9. The van der Waals surface area contributed by atoms with Gasteiger partial charge in [0.25, 0.3) is 0 Å². The van der Waals surface area contributed by atoms with Crippen LogP contribution in [0.25, 0.3) is 10.9 Å². The number of likely N-dealkylation sites (N-methyl/N-ethyl adjacent to an activating group) is 1. The summed E-state index contributed by atoms with van der Waals surface area (Å²) in [6.07, 6.45) is -3.68. The largest absolute Gasteiger partial charge is 0.406 e. The van der Waals surface area contributed by atoms with Crippen molar-refractivity contribution in [3.05, 3.63) is 36.0 Å². The Bertz CT molecular complexity index is 701. The predicted octanol–water partition coefficient (Wildman–Crippen LogP) is 3.23. The molecule has 7 heteroatoms. The third-order valence-electron chi connectivity index (χ3n) is 3.40. The molecule has 1 aromatic heterocycles. The predicted molar refractivity (Wildman–Crippen MR) is 83.3 cm³/mol. The molecule has 4 nitrogen and oxygen atoms in total. The third kappa shape index (κ3) is 4.58. The van der Waals surface area contributed by atoms with Crippen LogP contribution in [0.4, 0.5) is 18.9 Å². The van der Waals surface area contributed by atoms with Gasteiger partial charge in [0.05, 0.1) is 12.1 Å². The molecule has 0 aliphatic rings. The van der Waals surface area contributed by atoms with Crippen LogP contribution in [0.15, 0.2) is 30.3 Å². The number of alkyl halides is 3. The number of benzene rings is 1. The number of carbonyl (C=O) groups excluding carboxylic acids is 1. The molecule has 1 amide bonds. The number of para-hydroxylation sites is 1. The van der Waals surface area contributed by atoms with Crippen LogP contribution in [0.2, 0.25) is 0 Å². The van der Waals surface area contributed by atoms with Gasteiger partial charge in [-0.1, -0.05) is 25.1 Å². The summed E-state index contributed by atoms with van der Waals surface area (Å²) in [5.74, 6) is -0.624. The first kappa shape index (κ1) is 17.1. The minimum atomic E-state index is -4.40. The van der Waals surface area contributed by atoms with Crippen molar-refractivity contribution in [1.29, 1.82) is 0 Å². The zero-order chi connectivity index (χ0) is 17.0. The fourth-order valence-corrected chi connectivity index (χ4v) is 2.22. The summed E-state index contributed by atoms with van der Waals surface area (Å²) in [6, 6.07) is 9.24. The maximum atomic E-state index is 12.3. The van der Waals surface area contributed by atoms with Crippen molar-refractivity contribution in [1.82, 2.24) is 9.88 Å². The van der Waals surface area contributed by atoms with Gasteiger partial charge < -0.3 is 10.2 Å². The van der Waals surface area contributed by atoms with Gasteiger partial charge >= 0.3 is 6.18 Å². The monoisotopic (exact) mass is 325 g/mol. The van der Waals surface area contributed by atoms with Crippen LogP contribution >= 0.6 is 0 Å². The van der Waals surface area contributed by atoms with E-state index < -0.39 is 18.6 Å². The Balaban J connectivity index is 2.14. The van der Waals surface area contributed by atoms with Crippen LogP contribution in [-0.2, 0) is 11.2 Å². The first-order chi connectivity index (χ1) is 10.8. The van der Waals surface area contributed by atoms with Crippen LogP contribution in [0.3, 0.4) is 0 Å². The number of nitrogens with zero attached hydrogens (tertiary/aromatic N) is 2. The Morgan fingerprint density at radius 1 is 1.30 bits per heavy atom. The van der Waals surface area contributed by atoms with E-state index in [-0.39, 0.29) is 6.54 Å². The molecule has 0 unspecified atom stereocenters. The van der Waals surface area contributed by atoms with Gasteiger partial charge in [0.2, 0.25) is 5.91 Å². The zero-order valence-corrected chi connectivity index (χ0v) is 12.9. The molecule has 0 saturated heterocycles. The second-order valence-electron chi connectivity index (χ2n) is 5.25. The molecular formula is C16H18F3N3O. The normalized spacial score (nSPS) is 11.5. The number of pyridine rings is 1. The van der Waals surface area contributed by atoms with Crippen LogP contribution < -0.4 is 5.32 Å². The molecule has 2 rings (SSSR count). The molecule has 1 heterocycles. The van der Waals surface area contributed by atoms with E-state index in [1.807, 2.05) is 37.3 Å². The lowest BCUT2D eigenvalue weighted by Gasteiger charge is -2.19. The molecular weight excluding hydrogens is 307 g/mol. The van der Waals surface area contributed by atoms with E-state index in [1.54, 1.807) is 0 Å². The van der Waals surface area contributed by atoms with E-state index in [0.717, 1.165) is 30.1 Å². The molecule has 1 aromatic carbocycles. The molecule has 0 saturated carbocycles. The average Bonchev–Trinajstić information content (AvgIpc) is 2.50. The van der Waals surface area contributed by atoms with Gasteiger partial charge in [-0.25, -0.2) is 0 Å². The number of aromatic nitrogens is 1. The number of halogens is 3. The second-order valence-corrected chi connectivity index (χ2v) is 5.25. The maximum absolute atomic E-state index is 12.3. The summed E-state index contributed by atoms with van der Waals surface area (Å²) in [4.78, 5) is 17.0. The average molecular weight is 325 g/mol. The van der Waals surface area contributed by atoms with Crippen molar-refractivity contribution < 1.29 is 18.0 Å². The van der Waals surface area contributed by atoms with E-state index in [2.05, 4.69) is 10.3 Å². The van der Waals surface area contributed by atoms with E-state index in [0.29, 0.717) is 10.6 Å². The fraction of sp³-hybridized carbons (Fsp3) is 0.375. The topological polar surface area (TPSA) is 45.2 Å². The number of hydrogen-bond donors (Lipinski definition) is 1. The van der Waals surface area contributed by atoms with Crippen LogP contribution in [-0.4, -0.2) is 42.1 Å². The number of nitrogens with one attached hydrogen (secondary N) is 1. The number of anilines is 1. The van der Waals surface area contributed by atoms with E-state index in [9.17, 15) is 18.0 Å². The lowest BCUT2D eigenvalue weighted by molar-refractivity contribution is -0.157. The molecule has 1 N–H and O–H groups in total. The molecule has 0 atom stereocenters. The standard InChI is InChI=1S/C16H18F3N3O/c1-3-11-8-14(12-6-4-5-7-13(12)21-11)20-9-15(23)22(2)10-16(17,18)19/h4-8H,3,9-10H2,1-2H3,(H,20,21). The van der Waals surface area contributed by atoms with Crippen molar-refractivity contribution in [2.75, 3.05) is 25.5 Å². The Morgan fingerprint density at radius 2 is 2.00 bits per heavy atom. The Hall–Kier alpha value is -2.31. The molecule has 0 aliphatic heterocycles. The lowest BCUT2D eigenvalue weighted by Crippen LogP contribution is -2.38. The quantitative estimate of drug-likeness (QED) is 0.918. The molecule has 124 valence electrons. The number of fused-ring (bicyclic) bond motifs is 1. The van der Waals surface area contributed by atoms with Gasteiger partial charge in [0, 0.05) is 23.8 Å². The summed E-state index contributed by atoms with van der Waals surface area (Å²) >= 11 is 0. The highest BCUT2D eigenvalue weighted by Crippen LogP contribution is 2.23. The smallest absolute Gasteiger partial charge is 0.376 e. The van der Waals surface area contributed by atoms with Gasteiger partial charge in [-0.2, -0.15) is 13.2 Å². The summed E-state index contributed by atoms with van der Waals surface area (Å²) in [6.45, 7) is 0.498. The third-order valence-corrected chi connectivity index (χ3v) is 3.40. The number of carbonyl (C=O) groups is 1. The summed E-state index contributed by atoms with van der Waals surface area (Å²) < 4.78 is 36.9. The van der Waals surface area contributed by atoms with E-state index >= 15 is 0 Å². The van der Waals surface area contributed by atoms with Gasteiger partial charge in [-0.3, -0.25) is 9.78 Å². The maximum Gasteiger partial charge on any atom is 0.406 e. The molecule has 23 heavy (non-hydrogen) atoms. The first-order valence-electron chi connectivity index (χ1n) is 7.23. The number of aryl methyl sites for hydroxylation is 1. The number of rotatable bonds is 5. The minimum absolute atomic E-state index is 0.205. The Morgan fingerprint density at radius 3 is 2.65 bits per heavy atom. The van der Waals surface area contributed by atoms with Crippen molar-refractivity contribution in [3.8, 4) is 0 Å². The van der Waals surface area contributed by atoms with Crippen LogP contribution in [0.5, 0.6) is 0 Å². The summed E-state index contributed by atoms with van der Waals surface area (Å²) in [5, 5.41) is 3.76. The summed E-state index contributed by atoms with van der Waals surface area (Å²) in [7, 11) is 1.14. The second kappa shape index (κ2) is 6.85. The number of amides is 1. The van der Waals surface area contributed by atoms with Gasteiger partial charge in [0.15, 0.2) is 0 Å². The highest BCUT2D eigenvalue weighted by Gasteiger charge is 2.31. The summed E-state index contributed by atoms with van der Waals surface area (Å²) in [5.41, 5.74) is 2.33. The molecule has 0 bridgehead atoms. The van der Waals surface area contributed by atoms with Gasteiger partial charge in [-0.15, -0.1) is 0 Å². The highest BCUT2D eigenvalue weighted by atomic mass is 19.4. The minimum Gasteiger partial charge on any atom is -0.376 e. The first-order valence-corrected chi connectivity index (χ1v) is 7.23. The van der Waals surface area contributed by atoms with E-state index in [1.165, 1.54) is 0 Å². The van der Waals surface area contributed by atoms with Crippen molar-refractivity contribution in [3.63, 3.8) is 0 Å². The van der Waals surface area contributed by atoms with Crippen LogP contribution in [0.1, 0.15) is 12.6 Å². The van der Waals surface area contributed by atoms with Crippen LogP contribution in [0, 0.1) is 0 Å². The Kier molecular flexibility index (Phi) is 5.08. The fourth-order valence-electron chi connectivity index (χ4n) is 2.22. The molecule has 0 radical (unpaired) electrons. The Labute approximate surface area is 132 Å². The molecule has 0 aliphatic carbocycles. The highest BCUT2D eigenvalue weighted by molar-refractivity contribution is 5.93. The lowest BCUT2D eigenvalue weighted by atomic mass is 10.1. The molecule has 0 spiro atoms. The van der Waals surface area contributed by atoms with Crippen molar-refractivity contribution in [2.45, 2.75) is 19.5 Å².